The molecular formula is C30H30N4O3. The Hall–Kier alpha value is -4.26. The number of amides is 2. The van der Waals surface area contributed by atoms with Gasteiger partial charge in [0.05, 0.1) is 0 Å². The predicted octanol–water partition coefficient (Wildman–Crippen LogP) is 4.97. The van der Waals surface area contributed by atoms with E-state index in [0.717, 1.165) is 24.8 Å². The second kappa shape index (κ2) is 11.2. The van der Waals surface area contributed by atoms with Crippen molar-refractivity contribution in [3.8, 4) is 11.3 Å². The molecule has 0 bridgehead atoms. The minimum atomic E-state index is -0.148. The van der Waals surface area contributed by atoms with Crippen LogP contribution in [0.2, 0.25) is 0 Å². The predicted molar refractivity (Wildman–Crippen MR) is 141 cm³/mol. The van der Waals surface area contributed by atoms with Gasteiger partial charge in [0.25, 0.3) is 11.8 Å². The van der Waals surface area contributed by atoms with Crippen molar-refractivity contribution in [3.63, 3.8) is 0 Å². The molecule has 4 aromatic rings. The number of likely N-dealkylation sites (N-methyl/N-ethyl adjacent to an activating group) is 1. The number of aromatic nitrogens is 2. The Bertz CT molecular complexity index is 1320. The highest BCUT2D eigenvalue weighted by Crippen LogP contribution is 2.28. The van der Waals surface area contributed by atoms with Crippen molar-refractivity contribution < 1.29 is 14.1 Å². The van der Waals surface area contributed by atoms with Gasteiger partial charge in [-0.05, 0) is 42.9 Å². The van der Waals surface area contributed by atoms with E-state index in [4.69, 9.17) is 4.52 Å². The van der Waals surface area contributed by atoms with Crippen LogP contribution in [0.3, 0.4) is 0 Å². The molecule has 0 spiro atoms. The van der Waals surface area contributed by atoms with Crippen LogP contribution < -0.4 is 0 Å². The smallest absolute Gasteiger partial charge is 0.292 e. The van der Waals surface area contributed by atoms with Crippen LogP contribution in [-0.4, -0.2) is 57.9 Å². The van der Waals surface area contributed by atoms with Crippen molar-refractivity contribution in [2.75, 3.05) is 20.1 Å². The van der Waals surface area contributed by atoms with E-state index in [9.17, 15) is 9.59 Å². The highest BCUT2D eigenvalue weighted by Gasteiger charge is 2.34. The molecule has 7 heteroatoms. The van der Waals surface area contributed by atoms with Gasteiger partial charge in [0.1, 0.15) is 11.4 Å². The van der Waals surface area contributed by atoms with E-state index in [0.29, 0.717) is 24.5 Å². The molecule has 5 rings (SSSR count). The second-order valence-electron chi connectivity index (χ2n) is 9.46. The maximum atomic E-state index is 13.3. The number of hydrogen-bond donors (Lipinski definition) is 0. The van der Waals surface area contributed by atoms with Gasteiger partial charge in [-0.2, -0.15) is 0 Å². The number of nitrogens with zero attached hydrogens (tertiary/aromatic N) is 4. The number of hydrogen-bond acceptors (Lipinski definition) is 5. The van der Waals surface area contributed by atoms with Gasteiger partial charge in [0.15, 0.2) is 0 Å². The van der Waals surface area contributed by atoms with E-state index >= 15 is 0 Å². The van der Waals surface area contributed by atoms with Crippen LogP contribution in [0.4, 0.5) is 0 Å². The van der Waals surface area contributed by atoms with Gasteiger partial charge in [0, 0.05) is 44.0 Å². The summed E-state index contributed by atoms with van der Waals surface area (Å²) in [4.78, 5) is 34.4. The minimum absolute atomic E-state index is 0.0101. The van der Waals surface area contributed by atoms with Gasteiger partial charge < -0.3 is 14.3 Å². The van der Waals surface area contributed by atoms with Crippen LogP contribution in [0.15, 0.2) is 95.6 Å². The Kier molecular flexibility index (Phi) is 7.40. The summed E-state index contributed by atoms with van der Waals surface area (Å²) < 4.78 is 5.41. The summed E-state index contributed by atoms with van der Waals surface area (Å²) in [5, 5.41) is 4.09. The minimum Gasteiger partial charge on any atom is -0.350 e. The van der Waals surface area contributed by atoms with Gasteiger partial charge >= 0.3 is 0 Å². The molecule has 2 amide bonds. The standard InChI is InChI=1S/C30H30N4O3/c1-33(29(35)25-14-8-9-17-31-25)27(20-22-10-4-2-5-11-22)24-15-18-34(19-16-24)30(36)28-21-26(32-37-28)23-12-6-3-7-13-23/h2-14,17,21,24,27H,15-16,18-20H2,1H3/t27-/m0/s1. The first-order chi connectivity index (χ1) is 18.1. The number of likely N-dealkylation sites (tertiary alicyclic amines) is 1. The van der Waals surface area contributed by atoms with Gasteiger partial charge in [-0.3, -0.25) is 14.6 Å². The van der Waals surface area contributed by atoms with Crippen LogP contribution in [0.1, 0.15) is 39.4 Å². The molecular weight excluding hydrogens is 464 g/mol. The van der Waals surface area contributed by atoms with Crippen LogP contribution in [-0.2, 0) is 6.42 Å². The molecule has 1 atom stereocenters. The largest absolute Gasteiger partial charge is 0.350 e. The molecule has 0 N–H and O–H groups in total. The Morgan fingerprint density at radius 1 is 0.973 bits per heavy atom. The summed E-state index contributed by atoms with van der Waals surface area (Å²) in [7, 11) is 1.86. The summed E-state index contributed by atoms with van der Waals surface area (Å²) in [6, 6.07) is 27.0. The monoisotopic (exact) mass is 494 g/mol. The van der Waals surface area contributed by atoms with Crippen LogP contribution in [0, 0.1) is 5.92 Å². The summed E-state index contributed by atoms with van der Waals surface area (Å²) >= 11 is 0. The molecule has 1 fully saturated rings. The van der Waals surface area contributed by atoms with Gasteiger partial charge in [-0.25, -0.2) is 0 Å². The van der Waals surface area contributed by atoms with Crippen LogP contribution >= 0.6 is 0 Å². The molecule has 0 saturated carbocycles. The van der Waals surface area contributed by atoms with Gasteiger partial charge in [-0.15, -0.1) is 0 Å². The number of carbonyl (C=O) groups excluding carboxylic acids is 2. The molecule has 1 saturated heterocycles. The SMILES string of the molecule is CN(C(=O)c1ccccn1)[C@@H](Cc1ccccc1)C1CCN(C(=O)c2cc(-c3ccccc3)no2)CC1. The number of rotatable bonds is 7. The third-order valence-electron chi connectivity index (χ3n) is 7.15. The highest BCUT2D eigenvalue weighted by molar-refractivity contribution is 5.93. The molecule has 1 aliphatic heterocycles. The Morgan fingerprint density at radius 3 is 2.32 bits per heavy atom. The van der Waals surface area contributed by atoms with Crippen molar-refractivity contribution in [1.82, 2.24) is 19.9 Å². The lowest BCUT2D eigenvalue weighted by atomic mass is 9.84. The fourth-order valence-corrected chi connectivity index (χ4v) is 5.06. The third kappa shape index (κ3) is 5.61. The maximum absolute atomic E-state index is 13.3. The molecule has 7 nitrogen and oxygen atoms in total. The lowest BCUT2D eigenvalue weighted by Gasteiger charge is -2.39. The van der Waals surface area contributed by atoms with E-state index in [1.54, 1.807) is 18.3 Å². The lowest BCUT2D eigenvalue weighted by Crippen LogP contribution is -2.48. The van der Waals surface area contributed by atoms with Gasteiger partial charge in [-0.1, -0.05) is 71.9 Å². The zero-order valence-corrected chi connectivity index (χ0v) is 20.9. The van der Waals surface area contributed by atoms with Crippen molar-refractivity contribution in [2.24, 2.45) is 5.92 Å². The summed E-state index contributed by atoms with van der Waals surface area (Å²) in [5.74, 6) is 0.262. The fraction of sp³-hybridized carbons (Fsp3) is 0.267. The Labute approximate surface area is 216 Å². The first kappa shape index (κ1) is 24.4. The summed E-state index contributed by atoms with van der Waals surface area (Å²) in [5.41, 5.74) is 3.18. The summed E-state index contributed by atoms with van der Waals surface area (Å²) in [6.07, 6.45) is 3.98. The molecule has 1 aliphatic rings. The topological polar surface area (TPSA) is 79.5 Å². The number of pyridine rings is 1. The van der Waals surface area contributed by atoms with Crippen molar-refractivity contribution in [3.05, 3.63) is 108 Å². The maximum Gasteiger partial charge on any atom is 0.292 e. The average Bonchev–Trinajstić information content (AvgIpc) is 3.47. The first-order valence-electron chi connectivity index (χ1n) is 12.6. The molecule has 0 aliphatic carbocycles. The molecule has 0 unspecified atom stereocenters. The summed E-state index contributed by atoms with van der Waals surface area (Å²) in [6.45, 7) is 1.20. The zero-order chi connectivity index (χ0) is 25.6. The normalized spacial score (nSPS) is 14.8. The van der Waals surface area contributed by atoms with Crippen molar-refractivity contribution >= 4 is 11.8 Å². The number of benzene rings is 2. The van der Waals surface area contributed by atoms with E-state index in [-0.39, 0.29) is 29.5 Å². The average molecular weight is 495 g/mol. The molecule has 0 radical (unpaired) electrons. The van der Waals surface area contributed by atoms with Crippen LogP contribution in [0.25, 0.3) is 11.3 Å². The van der Waals surface area contributed by atoms with Gasteiger partial charge in [0.2, 0.25) is 5.76 Å². The highest BCUT2D eigenvalue weighted by atomic mass is 16.5. The zero-order valence-electron chi connectivity index (χ0n) is 20.9. The Balaban J connectivity index is 1.28. The lowest BCUT2D eigenvalue weighted by molar-refractivity contribution is 0.0500. The second-order valence-corrected chi connectivity index (χ2v) is 9.46. The Morgan fingerprint density at radius 2 is 1.65 bits per heavy atom. The van der Waals surface area contributed by atoms with E-state index < -0.39 is 0 Å². The quantitative estimate of drug-likeness (QED) is 0.362. The first-order valence-corrected chi connectivity index (χ1v) is 12.6. The molecule has 188 valence electrons. The molecule has 37 heavy (non-hydrogen) atoms. The number of carbonyl (C=O) groups is 2. The van der Waals surface area contributed by atoms with Crippen molar-refractivity contribution in [1.29, 1.82) is 0 Å². The molecule has 2 aromatic heterocycles. The molecule has 3 heterocycles. The molecule has 2 aromatic carbocycles. The van der Waals surface area contributed by atoms with E-state index in [1.807, 2.05) is 77.5 Å². The fourth-order valence-electron chi connectivity index (χ4n) is 5.06. The van der Waals surface area contributed by atoms with Crippen LogP contribution in [0.5, 0.6) is 0 Å². The van der Waals surface area contributed by atoms with Crippen molar-refractivity contribution in [2.45, 2.75) is 25.3 Å². The number of piperidine rings is 1. The van der Waals surface area contributed by atoms with E-state index in [2.05, 4.69) is 22.3 Å². The third-order valence-corrected chi connectivity index (χ3v) is 7.15. The van der Waals surface area contributed by atoms with E-state index in [1.165, 1.54) is 5.56 Å².